The number of aryl methyl sites for hydroxylation is 1. The summed E-state index contributed by atoms with van der Waals surface area (Å²) in [7, 11) is 1.79. The fraction of sp³-hybridized carbons (Fsp3) is 0.500. The minimum absolute atomic E-state index is 0.207. The van der Waals surface area contributed by atoms with Crippen LogP contribution in [0.4, 0.5) is 4.39 Å². The first-order chi connectivity index (χ1) is 11.1. The molecule has 5 heteroatoms. The van der Waals surface area contributed by atoms with E-state index in [1.807, 2.05) is 0 Å². The molecule has 0 unspecified atom stereocenters. The summed E-state index contributed by atoms with van der Waals surface area (Å²) in [6.07, 6.45) is 9.06. The summed E-state index contributed by atoms with van der Waals surface area (Å²) in [5.74, 6) is -0.121. The van der Waals surface area contributed by atoms with E-state index in [4.69, 9.17) is 11.6 Å². The van der Waals surface area contributed by atoms with Crippen LogP contribution in [-0.2, 0) is 7.05 Å². The second-order valence-corrected chi connectivity index (χ2v) is 6.94. The Hall–Kier alpha value is -1.55. The van der Waals surface area contributed by atoms with Gasteiger partial charge in [0.05, 0.1) is 11.1 Å². The van der Waals surface area contributed by atoms with Gasteiger partial charge in [0.25, 0.3) is 5.91 Å². The van der Waals surface area contributed by atoms with Crippen molar-refractivity contribution in [3.05, 3.63) is 34.7 Å². The summed E-state index contributed by atoms with van der Waals surface area (Å²) in [5, 5.41) is 3.67. The van der Waals surface area contributed by atoms with E-state index >= 15 is 0 Å². The van der Waals surface area contributed by atoms with E-state index in [2.05, 4.69) is 5.32 Å². The Labute approximate surface area is 140 Å². The molecular weight excluding hydrogens is 315 g/mol. The molecule has 23 heavy (non-hydrogen) atoms. The number of fused-ring (bicyclic) bond motifs is 1. The lowest BCUT2D eigenvalue weighted by atomic mass is 10.0. The number of benzene rings is 1. The predicted octanol–water partition coefficient (Wildman–Crippen LogP) is 4.67. The molecule has 0 bridgehead atoms. The molecule has 0 radical (unpaired) electrons. The molecule has 1 N–H and O–H groups in total. The van der Waals surface area contributed by atoms with Crippen LogP contribution >= 0.6 is 11.6 Å². The van der Waals surface area contributed by atoms with Gasteiger partial charge in [-0.1, -0.05) is 37.3 Å². The van der Waals surface area contributed by atoms with Gasteiger partial charge >= 0.3 is 0 Å². The Morgan fingerprint density at radius 2 is 2.00 bits per heavy atom. The van der Waals surface area contributed by atoms with Crippen molar-refractivity contribution in [2.24, 2.45) is 13.0 Å². The molecule has 1 aliphatic carbocycles. The summed E-state index contributed by atoms with van der Waals surface area (Å²) >= 11 is 5.91. The second kappa shape index (κ2) is 6.91. The maximum Gasteiger partial charge on any atom is 0.253 e. The Morgan fingerprint density at radius 3 is 2.70 bits per heavy atom. The summed E-state index contributed by atoms with van der Waals surface area (Å²) in [5.41, 5.74) is 1.01. The zero-order chi connectivity index (χ0) is 16.4. The second-order valence-electron chi connectivity index (χ2n) is 6.50. The van der Waals surface area contributed by atoms with Crippen LogP contribution in [0.3, 0.4) is 0 Å². The summed E-state index contributed by atoms with van der Waals surface area (Å²) in [6.45, 7) is 0.671. The van der Waals surface area contributed by atoms with Crippen molar-refractivity contribution in [3.8, 4) is 0 Å². The van der Waals surface area contributed by atoms with Crippen LogP contribution < -0.4 is 5.32 Å². The first-order valence-corrected chi connectivity index (χ1v) is 8.66. The molecule has 1 heterocycles. The van der Waals surface area contributed by atoms with Gasteiger partial charge in [-0.15, -0.1) is 0 Å². The highest BCUT2D eigenvalue weighted by molar-refractivity contribution is 6.31. The fourth-order valence-electron chi connectivity index (χ4n) is 3.51. The average molecular weight is 337 g/mol. The number of amides is 1. The van der Waals surface area contributed by atoms with Crippen molar-refractivity contribution >= 4 is 28.4 Å². The number of hydrogen-bond donors (Lipinski definition) is 1. The lowest BCUT2D eigenvalue weighted by Crippen LogP contribution is -2.29. The van der Waals surface area contributed by atoms with E-state index in [1.54, 1.807) is 23.9 Å². The molecule has 124 valence electrons. The number of hydrogen-bond acceptors (Lipinski definition) is 1. The van der Waals surface area contributed by atoms with Gasteiger partial charge in [0.1, 0.15) is 5.82 Å². The van der Waals surface area contributed by atoms with E-state index in [0.29, 0.717) is 34.0 Å². The van der Waals surface area contributed by atoms with Crippen LogP contribution in [0.1, 0.15) is 48.9 Å². The van der Waals surface area contributed by atoms with Gasteiger partial charge in [0.15, 0.2) is 0 Å². The number of nitrogens with one attached hydrogen (secondary N) is 1. The maximum absolute atomic E-state index is 14.3. The van der Waals surface area contributed by atoms with E-state index in [-0.39, 0.29) is 5.91 Å². The monoisotopic (exact) mass is 336 g/mol. The van der Waals surface area contributed by atoms with Crippen LogP contribution in [0.15, 0.2) is 18.3 Å². The van der Waals surface area contributed by atoms with Gasteiger partial charge in [-0.3, -0.25) is 4.79 Å². The van der Waals surface area contributed by atoms with Crippen LogP contribution in [0.5, 0.6) is 0 Å². The lowest BCUT2D eigenvalue weighted by molar-refractivity contribution is 0.0947. The van der Waals surface area contributed by atoms with Gasteiger partial charge in [0.2, 0.25) is 0 Å². The van der Waals surface area contributed by atoms with Crippen molar-refractivity contribution in [1.82, 2.24) is 9.88 Å². The van der Waals surface area contributed by atoms with E-state index < -0.39 is 5.82 Å². The molecule has 3 rings (SSSR count). The normalized spacial score (nSPS) is 16.5. The number of aromatic nitrogens is 1. The minimum atomic E-state index is -0.451. The largest absolute Gasteiger partial charge is 0.352 e. The van der Waals surface area contributed by atoms with Crippen molar-refractivity contribution in [3.63, 3.8) is 0 Å². The molecule has 1 saturated carbocycles. The Bertz CT molecular complexity index is 717. The SMILES string of the molecule is Cn1cc(C(=O)NCC2CCCCCC2)c2c(F)cc(Cl)cc21. The van der Waals surface area contributed by atoms with Crippen molar-refractivity contribution < 1.29 is 9.18 Å². The third-order valence-electron chi connectivity index (χ3n) is 4.78. The highest BCUT2D eigenvalue weighted by Gasteiger charge is 2.19. The maximum atomic E-state index is 14.3. The number of carbonyl (C=O) groups excluding carboxylic acids is 1. The molecule has 2 aromatic rings. The highest BCUT2D eigenvalue weighted by Crippen LogP contribution is 2.28. The van der Waals surface area contributed by atoms with Crippen molar-refractivity contribution in [1.29, 1.82) is 0 Å². The topological polar surface area (TPSA) is 34.0 Å². The van der Waals surface area contributed by atoms with Crippen molar-refractivity contribution in [2.45, 2.75) is 38.5 Å². The van der Waals surface area contributed by atoms with E-state index in [1.165, 1.54) is 44.6 Å². The standard InChI is InChI=1S/C18H22ClFN2O/c1-22-11-14(17-15(20)8-13(19)9-16(17)22)18(23)21-10-12-6-4-2-3-5-7-12/h8-9,11-12H,2-7,10H2,1H3,(H,21,23). The first kappa shape index (κ1) is 16.3. The Morgan fingerprint density at radius 1 is 1.30 bits per heavy atom. The molecule has 0 atom stereocenters. The Kier molecular flexibility index (Phi) is 4.90. The summed E-state index contributed by atoms with van der Waals surface area (Å²) < 4.78 is 16.0. The number of carbonyl (C=O) groups is 1. The molecule has 1 fully saturated rings. The smallest absolute Gasteiger partial charge is 0.253 e. The minimum Gasteiger partial charge on any atom is -0.352 e. The lowest BCUT2D eigenvalue weighted by Gasteiger charge is -2.14. The van der Waals surface area contributed by atoms with Crippen LogP contribution in [0.2, 0.25) is 5.02 Å². The molecule has 1 aliphatic rings. The molecule has 1 amide bonds. The van der Waals surface area contributed by atoms with Crippen LogP contribution in [-0.4, -0.2) is 17.0 Å². The summed E-state index contributed by atoms with van der Waals surface area (Å²) in [6, 6.07) is 2.94. The molecule has 0 aliphatic heterocycles. The quantitative estimate of drug-likeness (QED) is 0.812. The molecular formula is C18H22ClFN2O. The van der Waals surface area contributed by atoms with Crippen LogP contribution in [0.25, 0.3) is 10.9 Å². The number of rotatable bonds is 3. The number of halogens is 2. The van der Waals surface area contributed by atoms with E-state index in [0.717, 1.165) is 0 Å². The van der Waals surface area contributed by atoms with Crippen molar-refractivity contribution in [2.75, 3.05) is 6.54 Å². The molecule has 1 aromatic carbocycles. The van der Waals surface area contributed by atoms with Gasteiger partial charge in [-0.25, -0.2) is 4.39 Å². The molecule has 0 spiro atoms. The van der Waals surface area contributed by atoms with Gasteiger partial charge in [-0.2, -0.15) is 0 Å². The first-order valence-electron chi connectivity index (χ1n) is 8.28. The summed E-state index contributed by atoms with van der Waals surface area (Å²) in [4.78, 5) is 12.5. The zero-order valence-electron chi connectivity index (χ0n) is 13.4. The highest BCUT2D eigenvalue weighted by atomic mass is 35.5. The third kappa shape index (κ3) is 3.52. The van der Waals surface area contributed by atoms with Crippen LogP contribution in [0, 0.1) is 11.7 Å². The molecule has 1 aromatic heterocycles. The van der Waals surface area contributed by atoms with Gasteiger partial charge < -0.3 is 9.88 Å². The fourth-order valence-corrected chi connectivity index (χ4v) is 3.70. The number of nitrogens with zero attached hydrogens (tertiary/aromatic N) is 1. The van der Waals surface area contributed by atoms with E-state index in [9.17, 15) is 9.18 Å². The average Bonchev–Trinajstić information content (AvgIpc) is 2.71. The zero-order valence-corrected chi connectivity index (χ0v) is 14.1. The van der Waals surface area contributed by atoms with Gasteiger partial charge in [-0.05, 0) is 30.9 Å². The van der Waals surface area contributed by atoms with Gasteiger partial charge in [0, 0.05) is 30.2 Å². The molecule has 3 nitrogen and oxygen atoms in total. The molecule has 0 saturated heterocycles. The Balaban J connectivity index is 1.78. The third-order valence-corrected chi connectivity index (χ3v) is 5.00. The predicted molar refractivity (Wildman–Crippen MR) is 91.4 cm³/mol.